The molecule has 1 saturated carbocycles. The first-order valence-electron chi connectivity index (χ1n) is 11.5. The minimum Gasteiger partial charge on any atom is -0.384 e. The van der Waals surface area contributed by atoms with Gasteiger partial charge in [0, 0.05) is 44.7 Å². The summed E-state index contributed by atoms with van der Waals surface area (Å²) in [6.07, 6.45) is 7.58. The van der Waals surface area contributed by atoms with Crippen LogP contribution >= 0.6 is 0 Å². The van der Waals surface area contributed by atoms with Crippen LogP contribution in [0.1, 0.15) is 38.3 Å². The molecular formula is C22H34N6O2. The molecule has 0 aromatic carbocycles. The van der Waals surface area contributed by atoms with E-state index in [2.05, 4.69) is 38.1 Å². The van der Waals surface area contributed by atoms with Crippen molar-refractivity contribution in [1.29, 1.82) is 0 Å². The number of aryl methyl sites for hydroxylation is 1. The van der Waals surface area contributed by atoms with Crippen molar-refractivity contribution in [2.75, 3.05) is 58.0 Å². The predicted octanol–water partition coefficient (Wildman–Crippen LogP) is 2.03. The molecule has 0 N–H and O–H groups in total. The second kappa shape index (κ2) is 8.40. The molecule has 1 aliphatic carbocycles. The molecule has 0 bridgehead atoms. The van der Waals surface area contributed by atoms with Crippen molar-refractivity contribution in [2.45, 2.75) is 45.1 Å². The second-order valence-electron chi connectivity index (χ2n) is 9.25. The quantitative estimate of drug-likeness (QED) is 0.742. The molecule has 2 aromatic heterocycles. The van der Waals surface area contributed by atoms with E-state index in [0.29, 0.717) is 12.0 Å². The fourth-order valence-corrected chi connectivity index (χ4v) is 6.03. The zero-order valence-corrected chi connectivity index (χ0v) is 18.3. The van der Waals surface area contributed by atoms with Gasteiger partial charge in [-0.25, -0.2) is 0 Å². The maximum absolute atomic E-state index is 5.82. The number of rotatable bonds is 5. The number of nitrogens with zero attached hydrogens (tertiary/aromatic N) is 6. The molecule has 164 valence electrons. The van der Waals surface area contributed by atoms with Crippen molar-refractivity contribution >= 4 is 11.3 Å². The highest BCUT2D eigenvalue weighted by Gasteiger charge is 2.48. The van der Waals surface area contributed by atoms with Crippen molar-refractivity contribution in [1.82, 2.24) is 24.7 Å². The summed E-state index contributed by atoms with van der Waals surface area (Å²) in [7, 11) is 1.86. The third-order valence-corrected chi connectivity index (χ3v) is 7.65. The van der Waals surface area contributed by atoms with Crippen molar-refractivity contribution in [3.8, 4) is 0 Å². The molecule has 3 fully saturated rings. The van der Waals surface area contributed by atoms with Gasteiger partial charge in [-0.15, -0.1) is 10.2 Å². The van der Waals surface area contributed by atoms with E-state index in [-0.39, 0.29) is 5.41 Å². The van der Waals surface area contributed by atoms with Gasteiger partial charge in [0.2, 0.25) is 5.65 Å². The van der Waals surface area contributed by atoms with Gasteiger partial charge < -0.3 is 14.4 Å². The van der Waals surface area contributed by atoms with Gasteiger partial charge in [-0.3, -0.25) is 4.90 Å². The summed E-state index contributed by atoms with van der Waals surface area (Å²) in [5.74, 6) is 0.705. The molecule has 3 aliphatic rings. The molecule has 3 atom stereocenters. The lowest BCUT2D eigenvalue weighted by molar-refractivity contribution is -0.0539. The summed E-state index contributed by atoms with van der Waals surface area (Å²) in [5.41, 5.74) is 3.32. The Morgan fingerprint density at radius 1 is 1.23 bits per heavy atom. The Kier molecular flexibility index (Phi) is 5.64. The minimum atomic E-state index is 0.211. The van der Waals surface area contributed by atoms with Crippen LogP contribution in [-0.4, -0.2) is 83.9 Å². The van der Waals surface area contributed by atoms with Crippen molar-refractivity contribution in [3.63, 3.8) is 0 Å². The van der Waals surface area contributed by atoms with Crippen molar-refractivity contribution in [3.05, 3.63) is 18.1 Å². The van der Waals surface area contributed by atoms with E-state index < -0.39 is 0 Å². The largest absolute Gasteiger partial charge is 0.384 e. The number of morpholine rings is 1. The molecule has 2 aromatic rings. The van der Waals surface area contributed by atoms with E-state index >= 15 is 0 Å². The molecule has 0 radical (unpaired) electrons. The zero-order valence-electron chi connectivity index (χ0n) is 18.3. The summed E-state index contributed by atoms with van der Waals surface area (Å²) in [4.78, 5) is 5.19. The standard InChI is InChI=1S/C22H34N6O2/c1-3-18-13-20(21-24-23-16-28(21)25-18)27-7-5-17-12-19(26-8-10-30-11-9-26)4-6-22(17,14-27)15-29-2/h13,16-17,19H,3-12,14-15H2,1-2H3/t17-,19-,22+/m1/s1. The maximum atomic E-state index is 5.82. The van der Waals surface area contributed by atoms with Crippen LogP contribution in [0.3, 0.4) is 0 Å². The lowest BCUT2D eigenvalue weighted by Gasteiger charge is -2.54. The summed E-state index contributed by atoms with van der Waals surface area (Å²) >= 11 is 0. The van der Waals surface area contributed by atoms with Gasteiger partial charge in [0.25, 0.3) is 0 Å². The number of methoxy groups -OCH3 is 1. The third kappa shape index (κ3) is 3.59. The molecule has 5 rings (SSSR count). The normalized spacial score (nSPS) is 30.5. The highest BCUT2D eigenvalue weighted by molar-refractivity contribution is 5.68. The monoisotopic (exact) mass is 414 g/mol. The Morgan fingerprint density at radius 2 is 2.10 bits per heavy atom. The molecule has 8 nitrogen and oxygen atoms in total. The minimum absolute atomic E-state index is 0.211. The van der Waals surface area contributed by atoms with Gasteiger partial charge in [-0.1, -0.05) is 6.92 Å². The summed E-state index contributed by atoms with van der Waals surface area (Å²) in [5, 5.41) is 13.1. The second-order valence-corrected chi connectivity index (χ2v) is 9.25. The Morgan fingerprint density at radius 3 is 2.90 bits per heavy atom. The van der Waals surface area contributed by atoms with Crippen molar-refractivity contribution in [2.24, 2.45) is 11.3 Å². The summed E-state index contributed by atoms with van der Waals surface area (Å²) in [6.45, 7) is 9.00. The van der Waals surface area contributed by atoms with Crippen LogP contribution in [0.15, 0.2) is 12.4 Å². The van der Waals surface area contributed by atoms with Gasteiger partial charge >= 0.3 is 0 Å². The SMILES string of the molecule is CCc1cc(N2CC[C@@H]3C[C@H](N4CCOCC4)CC[C@@]3(COC)C2)c2nncn2n1. The highest BCUT2D eigenvalue weighted by atomic mass is 16.5. The first-order chi connectivity index (χ1) is 14.7. The van der Waals surface area contributed by atoms with E-state index in [4.69, 9.17) is 9.47 Å². The molecule has 2 saturated heterocycles. The Labute approximate surface area is 178 Å². The fourth-order valence-electron chi connectivity index (χ4n) is 6.03. The lowest BCUT2D eigenvalue weighted by atomic mass is 9.61. The van der Waals surface area contributed by atoms with E-state index in [1.807, 2.05) is 11.6 Å². The van der Waals surface area contributed by atoms with Crippen LogP contribution in [-0.2, 0) is 15.9 Å². The first kappa shape index (κ1) is 20.2. The van der Waals surface area contributed by atoms with Gasteiger partial charge in [0.15, 0.2) is 0 Å². The number of fused-ring (bicyclic) bond motifs is 2. The molecule has 0 amide bonds. The Hall–Kier alpha value is -1.77. The number of hydrogen-bond acceptors (Lipinski definition) is 7. The Balaban J connectivity index is 1.39. The van der Waals surface area contributed by atoms with Crippen LogP contribution in [0.25, 0.3) is 5.65 Å². The fraction of sp³-hybridized carbons (Fsp3) is 0.773. The van der Waals surface area contributed by atoms with Crippen LogP contribution < -0.4 is 4.90 Å². The van der Waals surface area contributed by atoms with E-state index in [0.717, 1.165) is 63.8 Å². The van der Waals surface area contributed by atoms with Gasteiger partial charge in [-0.2, -0.15) is 9.61 Å². The molecular weight excluding hydrogens is 380 g/mol. The van der Waals surface area contributed by atoms with Crippen LogP contribution in [0.2, 0.25) is 0 Å². The number of aromatic nitrogens is 4. The van der Waals surface area contributed by atoms with Gasteiger partial charge in [0.1, 0.15) is 6.33 Å². The van der Waals surface area contributed by atoms with Crippen LogP contribution in [0.5, 0.6) is 0 Å². The zero-order chi connectivity index (χ0) is 20.6. The molecule has 30 heavy (non-hydrogen) atoms. The van der Waals surface area contributed by atoms with E-state index in [1.165, 1.54) is 31.4 Å². The van der Waals surface area contributed by atoms with Crippen LogP contribution in [0.4, 0.5) is 5.69 Å². The smallest absolute Gasteiger partial charge is 0.200 e. The highest BCUT2D eigenvalue weighted by Crippen LogP contribution is 2.48. The average Bonchev–Trinajstić information content (AvgIpc) is 3.27. The lowest BCUT2D eigenvalue weighted by Crippen LogP contribution is -2.57. The topological polar surface area (TPSA) is 68.0 Å². The number of anilines is 1. The first-order valence-corrected chi connectivity index (χ1v) is 11.5. The third-order valence-electron chi connectivity index (χ3n) is 7.65. The number of ether oxygens (including phenoxy) is 2. The Bertz CT molecular complexity index is 866. The maximum Gasteiger partial charge on any atom is 0.200 e. The molecule has 2 aliphatic heterocycles. The molecule has 8 heteroatoms. The predicted molar refractivity (Wildman–Crippen MR) is 115 cm³/mol. The average molecular weight is 415 g/mol. The number of piperidine rings is 1. The van der Waals surface area contributed by atoms with Crippen LogP contribution in [0, 0.1) is 11.3 Å². The summed E-state index contributed by atoms with van der Waals surface area (Å²) in [6, 6.07) is 2.91. The molecule has 4 heterocycles. The van der Waals surface area contributed by atoms with E-state index in [9.17, 15) is 0 Å². The van der Waals surface area contributed by atoms with Crippen molar-refractivity contribution < 1.29 is 9.47 Å². The van der Waals surface area contributed by atoms with Gasteiger partial charge in [-0.05, 0) is 44.1 Å². The number of hydrogen-bond donors (Lipinski definition) is 0. The van der Waals surface area contributed by atoms with E-state index in [1.54, 1.807) is 6.33 Å². The molecule has 0 spiro atoms. The summed E-state index contributed by atoms with van der Waals surface area (Å²) < 4.78 is 13.2. The molecule has 0 unspecified atom stereocenters. The van der Waals surface area contributed by atoms with Gasteiger partial charge in [0.05, 0.1) is 31.2 Å².